The maximum absolute atomic E-state index is 12.7. The van der Waals surface area contributed by atoms with Gasteiger partial charge in [0.25, 0.3) is 0 Å². The molecule has 0 atom stereocenters. The van der Waals surface area contributed by atoms with Gasteiger partial charge in [-0.15, -0.1) is 0 Å². The molecule has 20 heavy (non-hydrogen) atoms. The van der Waals surface area contributed by atoms with Crippen LogP contribution in [0, 0.1) is 0 Å². The number of rotatable bonds is 3. The highest BCUT2D eigenvalue weighted by Gasteiger charge is 2.32. The number of hydrogen-bond donors (Lipinski definition) is 2. The van der Waals surface area contributed by atoms with Crippen molar-refractivity contribution in [3.05, 3.63) is 29.3 Å². The highest BCUT2D eigenvalue weighted by atomic mass is 19.4. The Kier molecular flexibility index (Phi) is 4.59. The van der Waals surface area contributed by atoms with Crippen molar-refractivity contribution in [2.45, 2.75) is 13.1 Å². The van der Waals surface area contributed by atoms with Gasteiger partial charge in [-0.05, 0) is 25.1 Å². The molecule has 1 aromatic carbocycles. The summed E-state index contributed by atoms with van der Waals surface area (Å²) in [6.45, 7) is 2.05. The van der Waals surface area contributed by atoms with Crippen LogP contribution in [-0.4, -0.2) is 35.6 Å². The van der Waals surface area contributed by atoms with E-state index in [-0.39, 0.29) is 5.69 Å². The van der Waals surface area contributed by atoms with Crippen LogP contribution in [0.15, 0.2) is 18.2 Å². The van der Waals surface area contributed by atoms with E-state index >= 15 is 0 Å². The van der Waals surface area contributed by atoms with Crippen molar-refractivity contribution in [3.63, 3.8) is 0 Å². The number of amides is 2. The number of hydrogen-bond acceptors (Lipinski definition) is 2. The Labute approximate surface area is 113 Å². The molecule has 2 N–H and O–H groups in total. The van der Waals surface area contributed by atoms with Gasteiger partial charge in [-0.3, -0.25) is 0 Å². The predicted molar refractivity (Wildman–Crippen MR) is 65.7 cm³/mol. The van der Waals surface area contributed by atoms with Crippen LogP contribution in [0.1, 0.15) is 22.8 Å². The molecule has 0 unspecified atom stereocenters. The van der Waals surface area contributed by atoms with Crippen LogP contribution in [0.3, 0.4) is 0 Å². The number of anilines is 1. The fraction of sp³-hybridized carbons (Fsp3) is 0.333. The first kappa shape index (κ1) is 15.8. The standard InChI is InChI=1S/C12H13F3N2O3/c1-3-17(2)11(20)16-9-5-7(10(18)19)4-8(6-9)12(13,14)15/h4-6H,3H2,1-2H3,(H,16,20)(H,18,19). The molecule has 1 rings (SSSR count). The molecule has 110 valence electrons. The molecule has 0 aliphatic carbocycles. The lowest BCUT2D eigenvalue weighted by Crippen LogP contribution is -2.31. The third kappa shape index (κ3) is 3.87. The summed E-state index contributed by atoms with van der Waals surface area (Å²) < 4.78 is 38.0. The molecule has 0 aliphatic heterocycles. The zero-order chi connectivity index (χ0) is 15.5. The Bertz CT molecular complexity index is 529. The Morgan fingerprint density at radius 2 is 1.90 bits per heavy atom. The van der Waals surface area contributed by atoms with Gasteiger partial charge in [0.2, 0.25) is 0 Å². The number of carboxylic acids is 1. The Balaban J connectivity index is 3.16. The van der Waals surface area contributed by atoms with Gasteiger partial charge in [0.1, 0.15) is 0 Å². The lowest BCUT2D eigenvalue weighted by atomic mass is 10.1. The van der Waals surface area contributed by atoms with Gasteiger partial charge in [-0.1, -0.05) is 0 Å². The highest BCUT2D eigenvalue weighted by molar-refractivity contribution is 5.93. The third-order valence-electron chi connectivity index (χ3n) is 2.58. The summed E-state index contributed by atoms with van der Waals surface area (Å²) in [5.41, 5.74) is -1.90. The van der Waals surface area contributed by atoms with Crippen LogP contribution in [0.2, 0.25) is 0 Å². The van der Waals surface area contributed by atoms with E-state index in [0.29, 0.717) is 18.7 Å². The first-order valence-corrected chi connectivity index (χ1v) is 5.63. The van der Waals surface area contributed by atoms with E-state index in [2.05, 4.69) is 5.32 Å². The molecule has 0 heterocycles. The van der Waals surface area contributed by atoms with Gasteiger partial charge < -0.3 is 15.3 Å². The second-order valence-electron chi connectivity index (χ2n) is 4.05. The number of carbonyl (C=O) groups is 2. The average Bonchev–Trinajstić information content (AvgIpc) is 2.36. The van der Waals surface area contributed by atoms with E-state index in [1.165, 1.54) is 11.9 Å². The largest absolute Gasteiger partial charge is 0.478 e. The minimum Gasteiger partial charge on any atom is -0.478 e. The number of urea groups is 1. The lowest BCUT2D eigenvalue weighted by molar-refractivity contribution is -0.137. The summed E-state index contributed by atoms with van der Waals surface area (Å²) in [6, 6.07) is 1.55. The number of alkyl halides is 3. The topological polar surface area (TPSA) is 69.6 Å². The number of carboxylic acid groups (broad SMARTS) is 1. The second-order valence-corrected chi connectivity index (χ2v) is 4.05. The van der Waals surface area contributed by atoms with Crippen LogP contribution in [-0.2, 0) is 6.18 Å². The minimum absolute atomic E-state index is 0.220. The van der Waals surface area contributed by atoms with E-state index in [1.807, 2.05) is 0 Å². The molecule has 5 nitrogen and oxygen atoms in total. The maximum atomic E-state index is 12.7. The summed E-state index contributed by atoms with van der Waals surface area (Å²) >= 11 is 0. The van der Waals surface area contributed by atoms with Gasteiger partial charge in [0, 0.05) is 19.3 Å². The molecule has 0 fully saturated rings. The molecule has 0 spiro atoms. The number of carbonyl (C=O) groups excluding carboxylic acids is 1. The summed E-state index contributed by atoms with van der Waals surface area (Å²) in [5, 5.41) is 11.0. The molecule has 0 bridgehead atoms. The molecule has 0 saturated carbocycles. The number of halogens is 3. The van der Waals surface area contributed by atoms with Gasteiger partial charge in [-0.25, -0.2) is 9.59 Å². The molecular formula is C12H13F3N2O3. The van der Waals surface area contributed by atoms with Gasteiger partial charge >= 0.3 is 18.2 Å². The Morgan fingerprint density at radius 1 is 1.30 bits per heavy atom. The van der Waals surface area contributed by atoms with Crippen molar-refractivity contribution >= 4 is 17.7 Å². The quantitative estimate of drug-likeness (QED) is 0.899. The number of nitrogens with one attached hydrogen (secondary N) is 1. The van der Waals surface area contributed by atoms with Crippen LogP contribution in [0.4, 0.5) is 23.7 Å². The highest BCUT2D eigenvalue weighted by Crippen LogP contribution is 2.32. The van der Waals surface area contributed by atoms with Crippen LogP contribution in [0.25, 0.3) is 0 Å². The van der Waals surface area contributed by atoms with Gasteiger partial charge in [0.15, 0.2) is 0 Å². The molecule has 0 aliphatic rings. The predicted octanol–water partition coefficient (Wildman–Crippen LogP) is 2.89. The van der Waals surface area contributed by atoms with E-state index in [4.69, 9.17) is 5.11 Å². The van der Waals surface area contributed by atoms with Gasteiger partial charge in [-0.2, -0.15) is 13.2 Å². The maximum Gasteiger partial charge on any atom is 0.416 e. The smallest absolute Gasteiger partial charge is 0.416 e. The first-order chi connectivity index (χ1) is 9.15. The molecule has 2 amide bonds. The van der Waals surface area contributed by atoms with E-state index in [9.17, 15) is 22.8 Å². The number of benzene rings is 1. The SMILES string of the molecule is CCN(C)C(=O)Nc1cc(C(=O)O)cc(C(F)(F)F)c1. The van der Waals surface area contributed by atoms with Crippen molar-refractivity contribution < 1.29 is 27.9 Å². The molecule has 0 radical (unpaired) electrons. The molecule has 0 saturated heterocycles. The van der Waals surface area contributed by atoms with Crippen molar-refractivity contribution in [1.82, 2.24) is 4.90 Å². The summed E-state index contributed by atoms with van der Waals surface area (Å²) in [7, 11) is 1.46. The molecule has 1 aromatic rings. The van der Waals surface area contributed by atoms with Crippen LogP contribution in [0.5, 0.6) is 0 Å². The third-order valence-corrected chi connectivity index (χ3v) is 2.58. The van der Waals surface area contributed by atoms with E-state index in [1.54, 1.807) is 6.92 Å². The molecule has 8 heteroatoms. The number of aromatic carboxylic acids is 1. The first-order valence-electron chi connectivity index (χ1n) is 5.63. The second kappa shape index (κ2) is 5.81. The van der Waals surface area contributed by atoms with Crippen molar-refractivity contribution in [2.75, 3.05) is 18.9 Å². The fourth-order valence-corrected chi connectivity index (χ4v) is 1.35. The average molecular weight is 290 g/mol. The van der Waals surface area contributed by atoms with Gasteiger partial charge in [0.05, 0.1) is 11.1 Å². The Morgan fingerprint density at radius 3 is 2.35 bits per heavy atom. The molecular weight excluding hydrogens is 277 g/mol. The summed E-state index contributed by atoms with van der Waals surface area (Å²) in [4.78, 5) is 23.6. The normalized spacial score (nSPS) is 11.1. The summed E-state index contributed by atoms with van der Waals surface area (Å²) in [5.74, 6) is -1.50. The summed E-state index contributed by atoms with van der Waals surface area (Å²) in [6.07, 6.45) is -4.69. The van der Waals surface area contributed by atoms with E-state index < -0.39 is 29.3 Å². The van der Waals surface area contributed by atoms with Crippen molar-refractivity contribution in [3.8, 4) is 0 Å². The van der Waals surface area contributed by atoms with E-state index in [0.717, 1.165) is 6.07 Å². The van der Waals surface area contributed by atoms with Crippen molar-refractivity contribution in [1.29, 1.82) is 0 Å². The Hall–Kier alpha value is -2.25. The van der Waals surface area contributed by atoms with Crippen molar-refractivity contribution in [2.24, 2.45) is 0 Å². The van der Waals surface area contributed by atoms with Crippen LogP contribution >= 0.6 is 0 Å². The monoisotopic (exact) mass is 290 g/mol. The zero-order valence-corrected chi connectivity index (χ0v) is 10.8. The molecule has 0 aromatic heterocycles. The van der Waals surface area contributed by atoms with Crippen LogP contribution < -0.4 is 5.32 Å². The zero-order valence-electron chi connectivity index (χ0n) is 10.8. The minimum atomic E-state index is -4.69. The lowest BCUT2D eigenvalue weighted by Gasteiger charge is -2.17. The number of nitrogens with zero attached hydrogens (tertiary/aromatic N) is 1. The fourth-order valence-electron chi connectivity index (χ4n) is 1.35.